The highest BCUT2D eigenvalue weighted by atomic mass is 19.1. The highest BCUT2D eigenvalue weighted by molar-refractivity contribution is 5.41. The van der Waals surface area contributed by atoms with Crippen LogP contribution >= 0.6 is 0 Å². The third kappa shape index (κ3) is 2.65. The Morgan fingerprint density at radius 1 is 1.10 bits per heavy atom. The van der Waals surface area contributed by atoms with Gasteiger partial charge in [0, 0.05) is 5.56 Å². The van der Waals surface area contributed by atoms with Crippen LogP contribution < -0.4 is 10.1 Å². The van der Waals surface area contributed by atoms with Crippen LogP contribution in [0.4, 0.5) is 8.78 Å². The zero-order valence-corrected chi connectivity index (χ0v) is 11.7. The first kappa shape index (κ1) is 14.5. The van der Waals surface area contributed by atoms with Crippen molar-refractivity contribution in [3.63, 3.8) is 0 Å². The zero-order chi connectivity index (χ0) is 14.7. The molecule has 0 saturated heterocycles. The second-order valence-electron chi connectivity index (χ2n) is 4.59. The van der Waals surface area contributed by atoms with Crippen LogP contribution in [-0.4, -0.2) is 14.2 Å². The summed E-state index contributed by atoms with van der Waals surface area (Å²) in [6, 6.07) is 8.82. The number of halogens is 2. The molecule has 4 heteroatoms. The van der Waals surface area contributed by atoms with E-state index in [9.17, 15) is 8.78 Å². The fourth-order valence-corrected chi connectivity index (χ4v) is 2.35. The molecule has 0 aliphatic carbocycles. The Hall–Kier alpha value is -1.94. The molecule has 1 atom stereocenters. The summed E-state index contributed by atoms with van der Waals surface area (Å²) in [5, 5.41) is 2.96. The third-order valence-corrected chi connectivity index (χ3v) is 3.33. The predicted molar refractivity (Wildman–Crippen MR) is 75.0 cm³/mol. The van der Waals surface area contributed by atoms with Crippen LogP contribution in [0.1, 0.15) is 22.7 Å². The number of nitrogens with one attached hydrogen (secondary N) is 1. The van der Waals surface area contributed by atoms with Gasteiger partial charge in [-0.2, -0.15) is 0 Å². The first-order chi connectivity index (χ1) is 9.58. The fraction of sp³-hybridized carbons (Fsp3) is 0.250. The Morgan fingerprint density at radius 3 is 2.25 bits per heavy atom. The molecule has 2 aromatic carbocycles. The molecule has 0 heterocycles. The number of ether oxygens (including phenoxy) is 1. The van der Waals surface area contributed by atoms with Crippen molar-refractivity contribution >= 4 is 0 Å². The van der Waals surface area contributed by atoms with Crippen LogP contribution in [0.15, 0.2) is 36.4 Å². The summed E-state index contributed by atoms with van der Waals surface area (Å²) in [5.74, 6) is -0.367. The molecule has 0 bridgehead atoms. The molecule has 0 saturated carbocycles. The van der Waals surface area contributed by atoms with Crippen molar-refractivity contribution in [2.45, 2.75) is 13.0 Å². The molecule has 0 spiro atoms. The summed E-state index contributed by atoms with van der Waals surface area (Å²) in [5.41, 5.74) is 1.73. The maximum atomic E-state index is 13.9. The number of hydrogen-bond acceptors (Lipinski definition) is 2. The van der Waals surface area contributed by atoms with Gasteiger partial charge in [0.15, 0.2) is 0 Å². The largest absolute Gasteiger partial charge is 0.496 e. The maximum Gasteiger partial charge on any atom is 0.131 e. The summed E-state index contributed by atoms with van der Waals surface area (Å²) >= 11 is 0. The molecule has 0 radical (unpaired) electrons. The summed E-state index contributed by atoms with van der Waals surface area (Å²) in [6.45, 7) is 1.90. The monoisotopic (exact) mass is 277 g/mol. The molecule has 2 rings (SSSR count). The molecule has 2 aromatic rings. The molecule has 0 amide bonds. The van der Waals surface area contributed by atoms with Crippen molar-refractivity contribution in [1.82, 2.24) is 5.32 Å². The summed E-state index contributed by atoms with van der Waals surface area (Å²) in [4.78, 5) is 0. The summed E-state index contributed by atoms with van der Waals surface area (Å²) < 4.78 is 33.0. The van der Waals surface area contributed by atoms with Crippen molar-refractivity contribution in [1.29, 1.82) is 0 Å². The van der Waals surface area contributed by atoms with Gasteiger partial charge >= 0.3 is 0 Å². The summed E-state index contributed by atoms with van der Waals surface area (Å²) in [6.07, 6.45) is 0. The van der Waals surface area contributed by atoms with E-state index >= 15 is 0 Å². The second-order valence-corrected chi connectivity index (χ2v) is 4.59. The zero-order valence-electron chi connectivity index (χ0n) is 11.7. The lowest BCUT2D eigenvalue weighted by molar-refractivity contribution is 0.411. The first-order valence-corrected chi connectivity index (χ1v) is 6.34. The van der Waals surface area contributed by atoms with Gasteiger partial charge in [0.25, 0.3) is 0 Å². The molecule has 20 heavy (non-hydrogen) atoms. The Balaban J connectivity index is 2.50. The van der Waals surface area contributed by atoms with E-state index in [-0.39, 0.29) is 5.56 Å². The minimum absolute atomic E-state index is 0.0274. The minimum atomic E-state index is -0.558. The van der Waals surface area contributed by atoms with Crippen LogP contribution in [0, 0.1) is 18.6 Å². The van der Waals surface area contributed by atoms with Crippen LogP contribution in [0.2, 0.25) is 0 Å². The van der Waals surface area contributed by atoms with Crippen LogP contribution in [0.25, 0.3) is 0 Å². The topological polar surface area (TPSA) is 21.3 Å². The Bertz CT molecular complexity index is 593. The Morgan fingerprint density at radius 2 is 1.75 bits per heavy atom. The van der Waals surface area contributed by atoms with Gasteiger partial charge in [-0.15, -0.1) is 0 Å². The molecule has 2 nitrogen and oxygen atoms in total. The molecular weight excluding hydrogens is 260 g/mol. The van der Waals surface area contributed by atoms with Gasteiger partial charge in [-0.05, 0) is 43.3 Å². The lowest BCUT2D eigenvalue weighted by Crippen LogP contribution is -2.20. The molecule has 0 fully saturated rings. The molecule has 0 aliphatic heterocycles. The van der Waals surface area contributed by atoms with Crippen molar-refractivity contribution in [2.24, 2.45) is 0 Å². The highest BCUT2D eigenvalue weighted by Gasteiger charge is 2.20. The molecule has 1 unspecified atom stereocenters. The van der Waals surface area contributed by atoms with E-state index in [1.807, 2.05) is 13.0 Å². The number of benzene rings is 2. The van der Waals surface area contributed by atoms with E-state index in [0.29, 0.717) is 0 Å². The summed E-state index contributed by atoms with van der Waals surface area (Å²) in [7, 11) is 3.27. The van der Waals surface area contributed by atoms with Crippen LogP contribution in [0.3, 0.4) is 0 Å². The molecule has 1 N–H and O–H groups in total. The second kappa shape index (κ2) is 6.01. The van der Waals surface area contributed by atoms with Crippen molar-refractivity contribution in [3.05, 3.63) is 64.7 Å². The Labute approximate surface area is 117 Å². The van der Waals surface area contributed by atoms with Crippen molar-refractivity contribution < 1.29 is 13.5 Å². The average Bonchev–Trinajstić information content (AvgIpc) is 2.43. The van der Waals surface area contributed by atoms with E-state index in [0.717, 1.165) is 16.9 Å². The van der Waals surface area contributed by atoms with Gasteiger partial charge in [-0.1, -0.05) is 18.2 Å². The first-order valence-electron chi connectivity index (χ1n) is 6.34. The standard InChI is InChI=1S/C16H17F2NO/c1-10-9-11(7-8-14(10)20-3)16(19-2)15-12(17)5-4-6-13(15)18/h4-9,16,19H,1-3H3. The maximum absolute atomic E-state index is 13.9. The number of rotatable bonds is 4. The quantitative estimate of drug-likeness (QED) is 0.922. The highest BCUT2D eigenvalue weighted by Crippen LogP contribution is 2.29. The van der Waals surface area contributed by atoms with E-state index < -0.39 is 17.7 Å². The van der Waals surface area contributed by atoms with Crippen LogP contribution in [0.5, 0.6) is 5.75 Å². The SMILES string of the molecule is CNC(c1ccc(OC)c(C)c1)c1c(F)cccc1F. The smallest absolute Gasteiger partial charge is 0.131 e. The van der Waals surface area contributed by atoms with Gasteiger partial charge in [-0.3, -0.25) is 0 Å². The van der Waals surface area contributed by atoms with Crippen LogP contribution in [-0.2, 0) is 0 Å². The van der Waals surface area contributed by atoms with Crippen molar-refractivity contribution in [3.8, 4) is 5.75 Å². The van der Waals surface area contributed by atoms with E-state index in [1.165, 1.54) is 18.2 Å². The average molecular weight is 277 g/mol. The predicted octanol–water partition coefficient (Wildman–Crippen LogP) is 3.59. The van der Waals surface area contributed by atoms with Gasteiger partial charge in [0.05, 0.1) is 13.2 Å². The minimum Gasteiger partial charge on any atom is -0.496 e. The lowest BCUT2D eigenvalue weighted by Gasteiger charge is -2.19. The molecule has 0 aromatic heterocycles. The molecule has 0 aliphatic rings. The van der Waals surface area contributed by atoms with Crippen molar-refractivity contribution in [2.75, 3.05) is 14.2 Å². The molecular formula is C16H17F2NO. The third-order valence-electron chi connectivity index (χ3n) is 3.33. The van der Waals surface area contributed by atoms with E-state index in [2.05, 4.69) is 5.32 Å². The number of hydrogen-bond donors (Lipinski definition) is 1. The fourth-order valence-electron chi connectivity index (χ4n) is 2.35. The van der Waals surface area contributed by atoms with Gasteiger partial charge in [0.2, 0.25) is 0 Å². The number of methoxy groups -OCH3 is 1. The van der Waals surface area contributed by atoms with Gasteiger partial charge < -0.3 is 10.1 Å². The van der Waals surface area contributed by atoms with E-state index in [1.54, 1.807) is 26.3 Å². The molecule has 106 valence electrons. The lowest BCUT2D eigenvalue weighted by atomic mass is 9.96. The van der Waals surface area contributed by atoms with Gasteiger partial charge in [-0.25, -0.2) is 8.78 Å². The normalized spacial score (nSPS) is 12.2. The van der Waals surface area contributed by atoms with E-state index in [4.69, 9.17) is 4.74 Å². The Kier molecular flexibility index (Phi) is 4.35. The van der Waals surface area contributed by atoms with Gasteiger partial charge in [0.1, 0.15) is 17.4 Å². The number of aryl methyl sites for hydroxylation is 1.